The topological polar surface area (TPSA) is 57.6 Å². The number of unbranched alkanes of at least 4 members (excludes halogenated alkanes) is 1. The lowest BCUT2D eigenvalue weighted by atomic mass is 10.1. The van der Waals surface area contributed by atoms with Crippen LogP contribution in [-0.4, -0.2) is 32.2 Å². The SMILES string of the molecule is CCCCC(C(=O)O)N1C(=O)/C(=C/c2cccc(Cl)c2)SC1=S. The summed E-state index contributed by atoms with van der Waals surface area (Å²) in [7, 11) is 0. The van der Waals surface area contributed by atoms with Gasteiger partial charge in [-0.2, -0.15) is 0 Å². The van der Waals surface area contributed by atoms with Crippen molar-refractivity contribution in [2.45, 2.75) is 32.2 Å². The summed E-state index contributed by atoms with van der Waals surface area (Å²) in [4.78, 5) is 25.7. The van der Waals surface area contributed by atoms with Gasteiger partial charge in [-0.15, -0.1) is 0 Å². The van der Waals surface area contributed by atoms with Gasteiger partial charge in [-0.25, -0.2) is 4.79 Å². The number of benzene rings is 1. The van der Waals surface area contributed by atoms with Crippen LogP contribution < -0.4 is 0 Å². The van der Waals surface area contributed by atoms with E-state index in [1.54, 1.807) is 24.3 Å². The summed E-state index contributed by atoms with van der Waals surface area (Å²) in [5.41, 5.74) is 0.776. The molecule has 7 heteroatoms. The monoisotopic (exact) mass is 369 g/mol. The maximum Gasteiger partial charge on any atom is 0.326 e. The Labute approximate surface area is 149 Å². The van der Waals surface area contributed by atoms with Crippen LogP contribution in [0, 0.1) is 0 Å². The summed E-state index contributed by atoms with van der Waals surface area (Å²) in [6, 6.07) is 6.18. The van der Waals surface area contributed by atoms with Gasteiger partial charge >= 0.3 is 5.97 Å². The molecule has 0 radical (unpaired) electrons. The number of hydrogen-bond donors (Lipinski definition) is 1. The number of thioether (sulfide) groups is 1. The second-order valence-electron chi connectivity index (χ2n) is 5.10. The number of carbonyl (C=O) groups is 2. The lowest BCUT2D eigenvalue weighted by Crippen LogP contribution is -2.43. The first-order valence-electron chi connectivity index (χ1n) is 7.19. The highest BCUT2D eigenvalue weighted by Crippen LogP contribution is 2.35. The maximum atomic E-state index is 12.6. The molecular weight excluding hydrogens is 354 g/mol. The maximum absolute atomic E-state index is 12.6. The van der Waals surface area contributed by atoms with Crippen molar-refractivity contribution in [1.82, 2.24) is 4.90 Å². The van der Waals surface area contributed by atoms with Crippen LogP contribution in [0.5, 0.6) is 0 Å². The first-order chi connectivity index (χ1) is 10.9. The van der Waals surface area contributed by atoms with Crippen LogP contribution in [0.3, 0.4) is 0 Å². The number of halogens is 1. The van der Waals surface area contributed by atoms with E-state index in [9.17, 15) is 14.7 Å². The van der Waals surface area contributed by atoms with E-state index in [4.69, 9.17) is 23.8 Å². The van der Waals surface area contributed by atoms with Gasteiger partial charge in [-0.3, -0.25) is 9.69 Å². The van der Waals surface area contributed by atoms with E-state index in [1.165, 1.54) is 4.90 Å². The number of amides is 1. The molecule has 1 aromatic rings. The predicted molar refractivity (Wildman–Crippen MR) is 97.4 cm³/mol. The molecule has 2 rings (SSSR count). The fourth-order valence-corrected chi connectivity index (χ4v) is 3.81. The summed E-state index contributed by atoms with van der Waals surface area (Å²) in [6.07, 6.45) is 3.66. The van der Waals surface area contributed by atoms with Gasteiger partial charge in [0.1, 0.15) is 10.4 Å². The Morgan fingerprint density at radius 2 is 2.26 bits per heavy atom. The zero-order valence-corrected chi connectivity index (χ0v) is 14.9. The molecule has 1 saturated heterocycles. The molecule has 0 spiro atoms. The molecule has 0 bridgehead atoms. The molecule has 1 fully saturated rings. The molecule has 1 atom stereocenters. The van der Waals surface area contributed by atoms with Crippen LogP contribution in [0.15, 0.2) is 29.2 Å². The number of thiocarbonyl (C=S) groups is 1. The Bertz CT molecular complexity index is 675. The second kappa shape index (κ2) is 7.95. The molecule has 1 aliphatic rings. The number of carbonyl (C=O) groups excluding carboxylic acids is 1. The molecule has 1 aliphatic heterocycles. The van der Waals surface area contributed by atoms with Crippen LogP contribution >= 0.6 is 35.6 Å². The first-order valence-corrected chi connectivity index (χ1v) is 8.79. The van der Waals surface area contributed by atoms with Gasteiger partial charge < -0.3 is 5.11 Å². The average molecular weight is 370 g/mol. The van der Waals surface area contributed by atoms with Crippen molar-refractivity contribution >= 4 is 57.9 Å². The fraction of sp³-hybridized carbons (Fsp3) is 0.312. The molecule has 1 unspecified atom stereocenters. The van der Waals surface area contributed by atoms with Gasteiger partial charge in [0.25, 0.3) is 5.91 Å². The third kappa shape index (κ3) is 4.34. The minimum atomic E-state index is -1.03. The standard InChI is InChI=1S/C16H16ClNO3S2/c1-2-3-7-12(15(20)21)18-14(19)13(23-16(18)22)9-10-5-4-6-11(17)8-10/h4-6,8-9,12H,2-3,7H2,1H3,(H,20,21)/b13-9-. The predicted octanol–water partition coefficient (Wildman–Crippen LogP) is 4.18. The number of carboxylic acid groups (broad SMARTS) is 1. The smallest absolute Gasteiger partial charge is 0.326 e. The molecule has 4 nitrogen and oxygen atoms in total. The molecule has 1 aromatic carbocycles. The molecule has 1 N–H and O–H groups in total. The second-order valence-corrected chi connectivity index (χ2v) is 7.22. The van der Waals surface area contributed by atoms with Crippen molar-refractivity contribution in [2.24, 2.45) is 0 Å². The average Bonchev–Trinajstić information content (AvgIpc) is 2.75. The van der Waals surface area contributed by atoms with Gasteiger partial charge in [0.15, 0.2) is 0 Å². The molecule has 0 aliphatic carbocycles. The van der Waals surface area contributed by atoms with Crippen LogP contribution in [0.25, 0.3) is 6.08 Å². The molecule has 0 aromatic heterocycles. The van der Waals surface area contributed by atoms with Crippen molar-refractivity contribution in [3.63, 3.8) is 0 Å². The molecule has 23 heavy (non-hydrogen) atoms. The molecule has 0 saturated carbocycles. The van der Waals surface area contributed by atoms with Gasteiger partial charge in [-0.05, 0) is 30.2 Å². The molecular formula is C16H16ClNO3S2. The lowest BCUT2D eigenvalue weighted by Gasteiger charge is -2.22. The van der Waals surface area contributed by atoms with Gasteiger partial charge in [-0.1, -0.05) is 67.5 Å². The third-order valence-electron chi connectivity index (χ3n) is 3.40. The highest BCUT2D eigenvalue weighted by molar-refractivity contribution is 8.26. The number of aliphatic carboxylic acids is 1. The van der Waals surface area contributed by atoms with Crippen LogP contribution in [0.4, 0.5) is 0 Å². The Morgan fingerprint density at radius 3 is 2.87 bits per heavy atom. The van der Waals surface area contributed by atoms with Gasteiger partial charge in [0.05, 0.1) is 4.91 Å². The number of rotatable bonds is 6. The van der Waals surface area contributed by atoms with Crippen molar-refractivity contribution < 1.29 is 14.7 Å². The third-order valence-corrected chi connectivity index (χ3v) is 4.96. The highest BCUT2D eigenvalue weighted by atomic mass is 35.5. The van der Waals surface area contributed by atoms with Crippen molar-refractivity contribution in [2.75, 3.05) is 0 Å². The van der Waals surface area contributed by atoms with Crippen molar-refractivity contribution in [1.29, 1.82) is 0 Å². The summed E-state index contributed by atoms with van der Waals surface area (Å²) in [5.74, 6) is -1.39. The number of hydrogen-bond acceptors (Lipinski definition) is 4. The van der Waals surface area contributed by atoms with Crippen molar-refractivity contribution in [3.05, 3.63) is 39.8 Å². The normalized spacial score (nSPS) is 17.8. The summed E-state index contributed by atoms with van der Waals surface area (Å²) in [5, 5.41) is 9.98. The van der Waals surface area contributed by atoms with E-state index in [2.05, 4.69) is 0 Å². The summed E-state index contributed by atoms with van der Waals surface area (Å²) in [6.45, 7) is 1.97. The Balaban J connectivity index is 2.26. The van der Waals surface area contributed by atoms with E-state index < -0.39 is 12.0 Å². The Morgan fingerprint density at radius 1 is 1.52 bits per heavy atom. The Hall–Kier alpha value is -1.37. The van der Waals surface area contributed by atoms with E-state index >= 15 is 0 Å². The molecule has 122 valence electrons. The minimum Gasteiger partial charge on any atom is -0.480 e. The number of nitrogens with zero attached hydrogens (tertiary/aromatic N) is 1. The minimum absolute atomic E-state index is 0.284. The zero-order valence-electron chi connectivity index (χ0n) is 12.5. The van der Waals surface area contributed by atoms with E-state index in [0.29, 0.717) is 16.3 Å². The van der Waals surface area contributed by atoms with Gasteiger partial charge in [0, 0.05) is 5.02 Å². The fourth-order valence-electron chi connectivity index (χ4n) is 2.26. The Kier molecular flexibility index (Phi) is 6.21. The largest absolute Gasteiger partial charge is 0.480 e. The summed E-state index contributed by atoms with van der Waals surface area (Å²) >= 11 is 12.3. The quantitative estimate of drug-likeness (QED) is 0.602. The highest BCUT2D eigenvalue weighted by Gasteiger charge is 2.40. The lowest BCUT2D eigenvalue weighted by molar-refractivity contribution is -0.145. The van der Waals surface area contributed by atoms with Crippen LogP contribution in [0.1, 0.15) is 31.7 Å². The van der Waals surface area contributed by atoms with Crippen LogP contribution in [0.2, 0.25) is 5.02 Å². The number of carboxylic acids is 1. The van der Waals surface area contributed by atoms with Gasteiger partial charge in [0.2, 0.25) is 0 Å². The van der Waals surface area contributed by atoms with Crippen molar-refractivity contribution in [3.8, 4) is 0 Å². The zero-order chi connectivity index (χ0) is 17.0. The molecule has 1 amide bonds. The van der Waals surface area contributed by atoms with E-state index in [-0.39, 0.29) is 10.2 Å². The van der Waals surface area contributed by atoms with E-state index in [0.717, 1.165) is 30.2 Å². The van der Waals surface area contributed by atoms with Crippen LogP contribution in [-0.2, 0) is 9.59 Å². The molecule has 1 heterocycles. The van der Waals surface area contributed by atoms with E-state index in [1.807, 2.05) is 13.0 Å². The summed E-state index contributed by atoms with van der Waals surface area (Å²) < 4.78 is 0.284. The first kappa shape index (κ1) is 18.0.